The molecule has 0 saturated carbocycles. The van der Waals surface area contributed by atoms with E-state index >= 15 is 0 Å². The number of likely N-dealkylation sites (N-methyl/N-ethyl adjacent to an activating group) is 1. The number of nitrogens with zero attached hydrogens (tertiary/aromatic N) is 4. The quantitative estimate of drug-likeness (QED) is 0.336. The number of phenolic OH excluding ortho intramolecular Hbond substituents is 1. The van der Waals surface area contributed by atoms with Crippen LogP contribution in [0.4, 0.5) is 11.6 Å². The van der Waals surface area contributed by atoms with Crippen molar-refractivity contribution in [2.24, 2.45) is 0 Å². The fourth-order valence-corrected chi connectivity index (χ4v) is 4.89. The highest BCUT2D eigenvalue weighted by atomic mass is 35.5. The predicted octanol–water partition coefficient (Wildman–Crippen LogP) is 5.25. The van der Waals surface area contributed by atoms with Gasteiger partial charge in [-0.15, -0.1) is 0 Å². The van der Waals surface area contributed by atoms with Gasteiger partial charge in [-0.1, -0.05) is 11.6 Å². The predicted molar refractivity (Wildman–Crippen MR) is 150 cm³/mol. The molecule has 2 N–H and O–H groups in total. The van der Waals surface area contributed by atoms with E-state index in [4.69, 9.17) is 21.3 Å². The lowest BCUT2D eigenvalue weighted by Gasteiger charge is -2.20. The van der Waals surface area contributed by atoms with Gasteiger partial charge in [0.15, 0.2) is 6.61 Å². The van der Waals surface area contributed by atoms with E-state index in [2.05, 4.69) is 15.2 Å². The molecule has 1 aromatic heterocycles. The maximum Gasteiger partial charge on any atom is 0.260 e. The lowest BCUT2D eigenvalue weighted by Crippen LogP contribution is -2.36. The van der Waals surface area contributed by atoms with Crippen LogP contribution in [0.25, 0.3) is 22.0 Å². The molecule has 0 spiro atoms. The number of amides is 1. The molecule has 1 atom stereocenters. The van der Waals surface area contributed by atoms with E-state index in [9.17, 15) is 9.90 Å². The van der Waals surface area contributed by atoms with Gasteiger partial charge in [0.2, 0.25) is 5.95 Å². The molecule has 9 heteroatoms. The molecule has 1 fully saturated rings. The monoisotopic (exact) mass is 531 g/mol. The Morgan fingerprint density at radius 3 is 2.71 bits per heavy atom. The number of aromatic hydroxyl groups is 1. The lowest BCUT2D eigenvalue weighted by atomic mass is 10.0. The van der Waals surface area contributed by atoms with E-state index in [0.717, 1.165) is 52.8 Å². The first-order valence-electron chi connectivity index (χ1n) is 12.5. The molecule has 3 aromatic carbocycles. The van der Waals surface area contributed by atoms with E-state index in [1.54, 1.807) is 24.4 Å². The third-order valence-electron chi connectivity index (χ3n) is 6.85. The number of halogens is 1. The number of aryl methyl sites for hydroxylation is 1. The van der Waals surface area contributed by atoms with E-state index in [-0.39, 0.29) is 18.3 Å². The van der Waals surface area contributed by atoms with Gasteiger partial charge in [0, 0.05) is 47.0 Å². The third kappa shape index (κ3) is 5.66. The summed E-state index contributed by atoms with van der Waals surface area (Å²) in [7, 11) is 4.08. The molecule has 1 amide bonds. The second kappa shape index (κ2) is 10.8. The number of benzene rings is 3. The van der Waals surface area contributed by atoms with Crippen molar-refractivity contribution in [3.8, 4) is 22.6 Å². The first kappa shape index (κ1) is 25.8. The van der Waals surface area contributed by atoms with Crippen molar-refractivity contribution in [2.45, 2.75) is 19.4 Å². The highest BCUT2D eigenvalue weighted by Crippen LogP contribution is 2.34. The molecule has 0 bridgehead atoms. The SMILES string of the molecule is Cc1cc(-c2cc(O)ccc2Cl)cc2cnc(Nc3ccc(OCC(=O)N4CC[C@@H](N(C)C)C4)cc3)nc12. The van der Waals surface area contributed by atoms with Crippen molar-refractivity contribution in [1.29, 1.82) is 0 Å². The summed E-state index contributed by atoms with van der Waals surface area (Å²) in [5.74, 6) is 1.26. The fourth-order valence-electron chi connectivity index (χ4n) is 4.66. The van der Waals surface area contributed by atoms with Gasteiger partial charge < -0.3 is 25.0 Å². The minimum atomic E-state index is 0.00554. The average Bonchev–Trinajstić information content (AvgIpc) is 3.41. The van der Waals surface area contributed by atoms with Crippen LogP contribution in [0.2, 0.25) is 5.02 Å². The van der Waals surface area contributed by atoms with Crippen molar-refractivity contribution in [3.05, 3.63) is 71.4 Å². The van der Waals surface area contributed by atoms with Crippen molar-refractivity contribution < 1.29 is 14.6 Å². The van der Waals surface area contributed by atoms with Gasteiger partial charge in [0.25, 0.3) is 5.91 Å². The van der Waals surface area contributed by atoms with Gasteiger partial charge in [0.05, 0.1) is 5.52 Å². The van der Waals surface area contributed by atoms with Gasteiger partial charge in [-0.25, -0.2) is 9.97 Å². The minimum Gasteiger partial charge on any atom is -0.508 e. The van der Waals surface area contributed by atoms with E-state index in [0.29, 0.717) is 22.8 Å². The molecule has 196 valence electrons. The molecule has 2 heterocycles. The molecule has 0 unspecified atom stereocenters. The van der Waals surface area contributed by atoms with Crippen LogP contribution in [0, 0.1) is 6.92 Å². The second-order valence-corrected chi connectivity index (χ2v) is 10.2. The number of ether oxygens (including phenoxy) is 1. The Labute approximate surface area is 226 Å². The molecule has 1 saturated heterocycles. The van der Waals surface area contributed by atoms with Gasteiger partial charge >= 0.3 is 0 Å². The standard InChI is InChI=1S/C29H30ClN5O3/c1-18-12-19(25-14-23(36)6-9-26(25)30)13-20-15-31-29(33-28(18)20)32-21-4-7-24(8-5-21)38-17-27(37)35-11-10-22(16-35)34(2)3/h4-9,12-15,22,36H,10-11,16-17H2,1-3H3,(H,31,32,33)/t22-/m1/s1. The number of fused-ring (bicyclic) bond motifs is 1. The summed E-state index contributed by atoms with van der Waals surface area (Å²) < 4.78 is 5.73. The number of hydrogen-bond donors (Lipinski definition) is 2. The van der Waals surface area contributed by atoms with Crippen LogP contribution < -0.4 is 10.1 Å². The molecule has 1 aliphatic rings. The van der Waals surface area contributed by atoms with Crippen LogP contribution in [0.5, 0.6) is 11.5 Å². The van der Waals surface area contributed by atoms with Gasteiger partial charge in [-0.3, -0.25) is 4.79 Å². The van der Waals surface area contributed by atoms with Crippen molar-refractivity contribution in [2.75, 3.05) is 39.1 Å². The highest BCUT2D eigenvalue weighted by molar-refractivity contribution is 6.33. The zero-order chi connectivity index (χ0) is 26.8. The molecule has 0 aliphatic carbocycles. The molecule has 4 aromatic rings. The number of carbonyl (C=O) groups excluding carboxylic acids is 1. The largest absolute Gasteiger partial charge is 0.508 e. The molecule has 8 nitrogen and oxygen atoms in total. The number of likely N-dealkylation sites (tertiary alicyclic amines) is 1. The lowest BCUT2D eigenvalue weighted by molar-refractivity contribution is -0.132. The van der Waals surface area contributed by atoms with Crippen LogP contribution >= 0.6 is 11.6 Å². The van der Waals surface area contributed by atoms with E-state index < -0.39 is 0 Å². The van der Waals surface area contributed by atoms with Crippen LogP contribution in [0.1, 0.15) is 12.0 Å². The van der Waals surface area contributed by atoms with Crippen LogP contribution in [0.15, 0.2) is 60.8 Å². The molecular weight excluding hydrogens is 502 g/mol. The third-order valence-corrected chi connectivity index (χ3v) is 7.18. The summed E-state index contributed by atoms with van der Waals surface area (Å²) in [5, 5.41) is 14.5. The summed E-state index contributed by atoms with van der Waals surface area (Å²) in [6.45, 7) is 3.52. The maximum atomic E-state index is 12.5. The topological polar surface area (TPSA) is 90.8 Å². The van der Waals surface area contributed by atoms with Crippen LogP contribution in [-0.4, -0.2) is 70.6 Å². The van der Waals surface area contributed by atoms with Crippen molar-refractivity contribution in [1.82, 2.24) is 19.8 Å². The Morgan fingerprint density at radius 1 is 1.18 bits per heavy atom. The normalized spacial score (nSPS) is 15.3. The Balaban J connectivity index is 1.23. The van der Waals surface area contributed by atoms with Crippen molar-refractivity contribution in [3.63, 3.8) is 0 Å². The molecule has 38 heavy (non-hydrogen) atoms. The highest BCUT2D eigenvalue weighted by Gasteiger charge is 2.27. The number of nitrogens with one attached hydrogen (secondary N) is 1. The second-order valence-electron chi connectivity index (χ2n) is 9.77. The average molecular weight is 532 g/mol. The number of phenols is 1. The molecule has 1 aliphatic heterocycles. The molecular formula is C29H30ClN5O3. The van der Waals surface area contributed by atoms with Gasteiger partial charge in [0.1, 0.15) is 11.5 Å². The summed E-state index contributed by atoms with van der Waals surface area (Å²) >= 11 is 6.36. The summed E-state index contributed by atoms with van der Waals surface area (Å²) in [6, 6.07) is 16.6. The minimum absolute atomic E-state index is 0.00554. The van der Waals surface area contributed by atoms with Gasteiger partial charge in [-0.05, 0) is 93.2 Å². The Morgan fingerprint density at radius 2 is 1.97 bits per heavy atom. The van der Waals surface area contributed by atoms with E-state index in [1.165, 1.54) is 0 Å². The number of hydrogen-bond acceptors (Lipinski definition) is 7. The van der Waals surface area contributed by atoms with Crippen LogP contribution in [-0.2, 0) is 4.79 Å². The summed E-state index contributed by atoms with van der Waals surface area (Å²) in [5.41, 5.74) is 4.22. The first-order chi connectivity index (χ1) is 18.3. The van der Waals surface area contributed by atoms with Crippen LogP contribution in [0.3, 0.4) is 0 Å². The zero-order valence-electron chi connectivity index (χ0n) is 21.6. The Bertz CT molecular complexity index is 1480. The first-order valence-corrected chi connectivity index (χ1v) is 12.8. The summed E-state index contributed by atoms with van der Waals surface area (Å²) in [6.07, 6.45) is 2.75. The Hall–Kier alpha value is -3.88. The maximum absolute atomic E-state index is 12.5. The number of aromatic nitrogens is 2. The van der Waals surface area contributed by atoms with E-state index in [1.807, 2.05) is 62.3 Å². The Kier molecular flexibility index (Phi) is 7.35. The van der Waals surface area contributed by atoms with Gasteiger partial charge in [-0.2, -0.15) is 0 Å². The van der Waals surface area contributed by atoms with Crippen molar-refractivity contribution >= 4 is 40.0 Å². The number of carbonyl (C=O) groups is 1. The summed E-state index contributed by atoms with van der Waals surface area (Å²) in [4.78, 5) is 25.7. The number of anilines is 2. The zero-order valence-corrected chi connectivity index (χ0v) is 22.4. The smallest absolute Gasteiger partial charge is 0.260 e. The fraction of sp³-hybridized carbons (Fsp3) is 0.276. The number of rotatable bonds is 7. The molecule has 0 radical (unpaired) electrons. The molecule has 5 rings (SSSR count).